The third-order valence-electron chi connectivity index (χ3n) is 2.99. The SMILES string of the molecule is Cc1nn(Cc2ccc(Cl)s2)c(C)c1CC(C)N. The summed E-state index contributed by atoms with van der Waals surface area (Å²) in [7, 11) is 0. The molecule has 1 atom stereocenters. The molecule has 3 nitrogen and oxygen atoms in total. The molecule has 98 valence electrons. The minimum Gasteiger partial charge on any atom is -0.328 e. The molecule has 0 spiro atoms. The van der Waals surface area contributed by atoms with Gasteiger partial charge in [-0.1, -0.05) is 11.6 Å². The summed E-state index contributed by atoms with van der Waals surface area (Å²) in [5.41, 5.74) is 9.43. The number of halogens is 1. The van der Waals surface area contributed by atoms with E-state index in [1.54, 1.807) is 11.3 Å². The molecule has 2 heterocycles. The van der Waals surface area contributed by atoms with Gasteiger partial charge in [0.2, 0.25) is 0 Å². The van der Waals surface area contributed by atoms with E-state index in [4.69, 9.17) is 17.3 Å². The Kier molecular flexibility index (Phi) is 4.10. The van der Waals surface area contributed by atoms with Gasteiger partial charge in [0.05, 0.1) is 16.6 Å². The van der Waals surface area contributed by atoms with Gasteiger partial charge in [-0.25, -0.2) is 0 Å². The average molecular weight is 284 g/mol. The maximum Gasteiger partial charge on any atom is 0.0931 e. The number of hydrogen-bond acceptors (Lipinski definition) is 3. The number of nitrogens with zero attached hydrogens (tertiary/aromatic N) is 2. The maximum absolute atomic E-state index is 5.94. The molecule has 2 N–H and O–H groups in total. The largest absolute Gasteiger partial charge is 0.328 e. The van der Waals surface area contributed by atoms with Crippen LogP contribution in [-0.2, 0) is 13.0 Å². The molecule has 0 aliphatic rings. The van der Waals surface area contributed by atoms with Crippen molar-refractivity contribution in [3.05, 3.63) is 38.3 Å². The third kappa shape index (κ3) is 2.94. The highest BCUT2D eigenvalue weighted by atomic mass is 35.5. The molecule has 18 heavy (non-hydrogen) atoms. The summed E-state index contributed by atoms with van der Waals surface area (Å²) < 4.78 is 2.86. The first-order chi connectivity index (χ1) is 8.47. The van der Waals surface area contributed by atoms with Gasteiger partial charge in [0.1, 0.15) is 0 Å². The lowest BCUT2D eigenvalue weighted by Crippen LogP contribution is -2.18. The Bertz CT molecular complexity index is 542. The lowest BCUT2D eigenvalue weighted by Gasteiger charge is -2.06. The lowest BCUT2D eigenvalue weighted by atomic mass is 10.1. The first kappa shape index (κ1) is 13.6. The second-order valence-corrected chi connectivity index (χ2v) is 6.49. The molecular weight excluding hydrogens is 266 g/mol. The van der Waals surface area contributed by atoms with Crippen LogP contribution in [0.15, 0.2) is 12.1 Å². The second kappa shape index (κ2) is 5.43. The predicted molar refractivity (Wildman–Crippen MR) is 77.5 cm³/mol. The molecule has 1 unspecified atom stereocenters. The first-order valence-corrected chi connectivity index (χ1v) is 7.19. The van der Waals surface area contributed by atoms with Crippen molar-refractivity contribution in [2.45, 2.75) is 39.8 Å². The Morgan fingerprint density at radius 2 is 2.17 bits per heavy atom. The topological polar surface area (TPSA) is 43.8 Å². The van der Waals surface area contributed by atoms with Crippen LogP contribution in [0.1, 0.15) is 28.8 Å². The van der Waals surface area contributed by atoms with Crippen LogP contribution in [0.5, 0.6) is 0 Å². The predicted octanol–water partition coefficient (Wildman–Crippen LogP) is 3.15. The first-order valence-electron chi connectivity index (χ1n) is 6.00. The molecule has 0 aliphatic heterocycles. The Morgan fingerprint density at radius 3 is 2.72 bits per heavy atom. The molecule has 2 rings (SSSR count). The van der Waals surface area contributed by atoms with E-state index in [-0.39, 0.29) is 6.04 Å². The molecular formula is C13H18ClN3S. The van der Waals surface area contributed by atoms with Crippen molar-refractivity contribution in [3.63, 3.8) is 0 Å². The van der Waals surface area contributed by atoms with E-state index in [1.165, 1.54) is 16.1 Å². The molecule has 0 aromatic carbocycles. The highest BCUT2D eigenvalue weighted by molar-refractivity contribution is 7.16. The molecule has 0 bridgehead atoms. The summed E-state index contributed by atoms with van der Waals surface area (Å²) >= 11 is 7.54. The van der Waals surface area contributed by atoms with Gasteiger partial charge in [-0.3, -0.25) is 4.68 Å². The normalized spacial score (nSPS) is 12.9. The number of aryl methyl sites for hydroxylation is 1. The standard InChI is InChI=1S/C13H18ClN3S/c1-8(15)6-12-9(2)16-17(10(12)3)7-11-4-5-13(14)18-11/h4-5,8H,6-7,15H2,1-3H3. The van der Waals surface area contributed by atoms with Crippen LogP contribution in [0.3, 0.4) is 0 Å². The van der Waals surface area contributed by atoms with Crippen LogP contribution < -0.4 is 5.73 Å². The Morgan fingerprint density at radius 1 is 1.44 bits per heavy atom. The quantitative estimate of drug-likeness (QED) is 0.937. The van der Waals surface area contributed by atoms with Crippen molar-refractivity contribution in [1.82, 2.24) is 9.78 Å². The van der Waals surface area contributed by atoms with E-state index in [2.05, 4.69) is 18.1 Å². The molecule has 0 amide bonds. The summed E-state index contributed by atoms with van der Waals surface area (Å²) in [6.45, 7) is 6.95. The fraction of sp³-hybridized carbons (Fsp3) is 0.462. The van der Waals surface area contributed by atoms with Crippen LogP contribution in [0.25, 0.3) is 0 Å². The van der Waals surface area contributed by atoms with Gasteiger partial charge < -0.3 is 5.73 Å². The van der Waals surface area contributed by atoms with Gasteiger partial charge in [0.15, 0.2) is 0 Å². The smallest absolute Gasteiger partial charge is 0.0931 e. The van der Waals surface area contributed by atoms with Crippen molar-refractivity contribution in [1.29, 1.82) is 0 Å². The van der Waals surface area contributed by atoms with Crippen LogP contribution in [-0.4, -0.2) is 15.8 Å². The molecule has 2 aromatic rings. The minimum absolute atomic E-state index is 0.163. The van der Waals surface area contributed by atoms with Crippen molar-refractivity contribution < 1.29 is 0 Å². The fourth-order valence-corrected chi connectivity index (χ4v) is 3.16. The molecule has 2 aromatic heterocycles. The fourth-order valence-electron chi connectivity index (χ4n) is 2.09. The Hall–Kier alpha value is -0.840. The highest BCUT2D eigenvalue weighted by Crippen LogP contribution is 2.23. The van der Waals surface area contributed by atoms with E-state index in [0.29, 0.717) is 0 Å². The number of rotatable bonds is 4. The number of nitrogens with two attached hydrogens (primary N) is 1. The summed E-state index contributed by atoms with van der Waals surface area (Å²) in [6, 6.07) is 4.14. The summed E-state index contributed by atoms with van der Waals surface area (Å²) in [5, 5.41) is 4.59. The van der Waals surface area contributed by atoms with E-state index < -0.39 is 0 Å². The summed E-state index contributed by atoms with van der Waals surface area (Å²) in [4.78, 5) is 1.22. The zero-order valence-electron chi connectivity index (χ0n) is 10.9. The highest BCUT2D eigenvalue weighted by Gasteiger charge is 2.13. The van der Waals surface area contributed by atoms with E-state index in [9.17, 15) is 0 Å². The van der Waals surface area contributed by atoms with Gasteiger partial charge in [0.25, 0.3) is 0 Å². The second-order valence-electron chi connectivity index (χ2n) is 4.69. The van der Waals surface area contributed by atoms with Crippen LogP contribution >= 0.6 is 22.9 Å². The zero-order chi connectivity index (χ0) is 13.3. The number of aromatic nitrogens is 2. The van der Waals surface area contributed by atoms with Gasteiger partial charge in [-0.05, 0) is 44.9 Å². The monoisotopic (exact) mass is 283 g/mol. The lowest BCUT2D eigenvalue weighted by molar-refractivity contribution is 0.662. The Labute approximate surface area is 117 Å². The van der Waals surface area contributed by atoms with Gasteiger partial charge in [0, 0.05) is 16.6 Å². The van der Waals surface area contributed by atoms with Crippen LogP contribution in [0, 0.1) is 13.8 Å². The molecule has 0 fully saturated rings. The molecule has 5 heteroatoms. The van der Waals surface area contributed by atoms with Gasteiger partial charge in [-0.15, -0.1) is 11.3 Å². The summed E-state index contributed by atoms with van der Waals surface area (Å²) in [5.74, 6) is 0. The van der Waals surface area contributed by atoms with E-state index in [1.807, 2.05) is 24.6 Å². The van der Waals surface area contributed by atoms with Crippen molar-refractivity contribution in [2.75, 3.05) is 0 Å². The molecule has 0 aliphatic carbocycles. The molecule has 0 radical (unpaired) electrons. The van der Waals surface area contributed by atoms with Gasteiger partial charge >= 0.3 is 0 Å². The minimum atomic E-state index is 0.163. The zero-order valence-corrected chi connectivity index (χ0v) is 12.5. The van der Waals surface area contributed by atoms with Crippen molar-refractivity contribution >= 4 is 22.9 Å². The average Bonchev–Trinajstić information content (AvgIpc) is 2.78. The van der Waals surface area contributed by atoms with Crippen LogP contribution in [0.4, 0.5) is 0 Å². The Balaban J connectivity index is 2.24. The van der Waals surface area contributed by atoms with Crippen LogP contribution in [0.2, 0.25) is 4.34 Å². The summed E-state index contributed by atoms with van der Waals surface area (Å²) in [6.07, 6.45) is 0.878. The molecule has 0 saturated carbocycles. The van der Waals surface area contributed by atoms with Crippen molar-refractivity contribution in [3.8, 4) is 0 Å². The molecule has 0 saturated heterocycles. The number of hydrogen-bond donors (Lipinski definition) is 1. The third-order valence-corrected chi connectivity index (χ3v) is 4.21. The van der Waals surface area contributed by atoms with E-state index in [0.717, 1.165) is 23.0 Å². The number of thiophene rings is 1. The van der Waals surface area contributed by atoms with Gasteiger partial charge in [-0.2, -0.15) is 5.10 Å². The van der Waals surface area contributed by atoms with Crippen molar-refractivity contribution in [2.24, 2.45) is 5.73 Å². The van der Waals surface area contributed by atoms with E-state index >= 15 is 0 Å². The maximum atomic E-state index is 5.94.